The Kier molecular flexibility index (Phi) is 4.76. The summed E-state index contributed by atoms with van der Waals surface area (Å²) in [5.74, 6) is -0.917. The van der Waals surface area contributed by atoms with Crippen LogP contribution < -0.4 is 5.32 Å². The average molecular weight is 287 g/mol. The van der Waals surface area contributed by atoms with Gasteiger partial charge < -0.3 is 15.3 Å². The van der Waals surface area contributed by atoms with Crippen molar-refractivity contribution in [2.24, 2.45) is 0 Å². The van der Waals surface area contributed by atoms with Crippen molar-refractivity contribution in [1.82, 2.24) is 4.90 Å². The second-order valence-electron chi connectivity index (χ2n) is 3.73. The Bertz CT molecular complexity index is 380. The fourth-order valence-corrected chi connectivity index (χ4v) is 1.62. The van der Waals surface area contributed by atoms with Crippen LogP contribution in [0.3, 0.4) is 0 Å². The topological polar surface area (TPSA) is 52.6 Å². The summed E-state index contributed by atoms with van der Waals surface area (Å²) in [6.07, 6.45) is 0. The van der Waals surface area contributed by atoms with Crippen molar-refractivity contribution < 1.29 is 9.90 Å². The van der Waals surface area contributed by atoms with E-state index in [4.69, 9.17) is 5.11 Å². The summed E-state index contributed by atoms with van der Waals surface area (Å²) in [6.45, 7) is 1.56. The van der Waals surface area contributed by atoms with E-state index in [-0.39, 0.29) is 0 Å². The molecule has 2 N–H and O–H groups in total. The Labute approximate surface area is 103 Å². The summed E-state index contributed by atoms with van der Waals surface area (Å²) >= 11 is 3.32. The molecule has 0 spiro atoms. The molecule has 0 aliphatic heterocycles. The van der Waals surface area contributed by atoms with E-state index in [1.807, 2.05) is 19.0 Å². The zero-order chi connectivity index (χ0) is 12.1. The average Bonchev–Trinajstić information content (AvgIpc) is 2.16. The molecule has 1 aromatic rings. The van der Waals surface area contributed by atoms with Crippen LogP contribution in [0.5, 0.6) is 0 Å². The number of anilines is 1. The number of carboxylic acids is 1. The van der Waals surface area contributed by atoms with Gasteiger partial charge in [0, 0.05) is 23.2 Å². The minimum atomic E-state index is -0.917. The van der Waals surface area contributed by atoms with Gasteiger partial charge in [0.25, 0.3) is 0 Å². The van der Waals surface area contributed by atoms with Gasteiger partial charge in [-0.1, -0.05) is 15.9 Å². The van der Waals surface area contributed by atoms with Crippen LogP contribution in [0, 0.1) is 0 Å². The van der Waals surface area contributed by atoms with Crippen LogP contribution in [0.2, 0.25) is 0 Å². The number of nitrogens with one attached hydrogen (secondary N) is 1. The first-order valence-electron chi connectivity index (χ1n) is 4.92. The van der Waals surface area contributed by atoms with Crippen LogP contribution in [0.1, 0.15) is 10.4 Å². The molecule has 1 aromatic carbocycles. The predicted molar refractivity (Wildman–Crippen MR) is 68.1 cm³/mol. The highest BCUT2D eigenvalue weighted by Gasteiger charge is 2.09. The Morgan fingerprint density at radius 2 is 2.19 bits per heavy atom. The maximum atomic E-state index is 11.0. The van der Waals surface area contributed by atoms with E-state index in [1.54, 1.807) is 18.2 Å². The van der Waals surface area contributed by atoms with Crippen molar-refractivity contribution in [3.63, 3.8) is 0 Å². The number of hydrogen-bond acceptors (Lipinski definition) is 3. The summed E-state index contributed by atoms with van der Waals surface area (Å²) in [6, 6.07) is 5.09. The van der Waals surface area contributed by atoms with Crippen LogP contribution in [0.25, 0.3) is 0 Å². The van der Waals surface area contributed by atoms with E-state index >= 15 is 0 Å². The van der Waals surface area contributed by atoms with Gasteiger partial charge in [0.2, 0.25) is 0 Å². The van der Waals surface area contributed by atoms with Gasteiger partial charge in [-0.2, -0.15) is 0 Å². The quantitative estimate of drug-likeness (QED) is 0.871. The molecule has 0 aromatic heterocycles. The molecule has 0 bridgehead atoms. The number of carbonyl (C=O) groups is 1. The highest BCUT2D eigenvalue weighted by molar-refractivity contribution is 9.10. The molecule has 0 radical (unpaired) electrons. The second-order valence-corrected chi connectivity index (χ2v) is 4.64. The van der Waals surface area contributed by atoms with Crippen molar-refractivity contribution >= 4 is 27.6 Å². The highest BCUT2D eigenvalue weighted by Crippen LogP contribution is 2.21. The van der Waals surface area contributed by atoms with E-state index < -0.39 is 5.97 Å². The molecule has 0 amide bonds. The smallest absolute Gasteiger partial charge is 0.337 e. The van der Waals surface area contributed by atoms with Crippen LogP contribution in [-0.4, -0.2) is 43.2 Å². The Morgan fingerprint density at radius 1 is 1.50 bits per heavy atom. The number of hydrogen-bond donors (Lipinski definition) is 2. The maximum absolute atomic E-state index is 11.0. The number of likely N-dealkylation sites (N-methyl/N-ethyl adjacent to an activating group) is 1. The monoisotopic (exact) mass is 286 g/mol. The fourth-order valence-electron chi connectivity index (χ4n) is 1.26. The van der Waals surface area contributed by atoms with Crippen molar-refractivity contribution in [2.75, 3.05) is 32.5 Å². The summed E-state index contributed by atoms with van der Waals surface area (Å²) in [5, 5.41) is 12.1. The first-order valence-corrected chi connectivity index (χ1v) is 5.71. The van der Waals surface area contributed by atoms with Crippen molar-refractivity contribution in [1.29, 1.82) is 0 Å². The number of nitrogens with zero attached hydrogens (tertiary/aromatic N) is 1. The molecule has 1 rings (SSSR count). The zero-order valence-corrected chi connectivity index (χ0v) is 10.9. The number of aromatic carboxylic acids is 1. The standard InChI is InChI=1S/C11H15BrN2O2/c1-14(2)6-5-13-10-7-8(12)3-4-9(10)11(15)16/h3-4,7,13H,5-6H2,1-2H3,(H,15,16). The third kappa shape index (κ3) is 3.83. The third-order valence-electron chi connectivity index (χ3n) is 2.09. The number of rotatable bonds is 5. The molecule has 0 aliphatic carbocycles. The highest BCUT2D eigenvalue weighted by atomic mass is 79.9. The van der Waals surface area contributed by atoms with Gasteiger partial charge in [-0.05, 0) is 32.3 Å². The zero-order valence-electron chi connectivity index (χ0n) is 9.33. The molecular formula is C11H15BrN2O2. The first kappa shape index (κ1) is 13.0. The molecular weight excluding hydrogens is 272 g/mol. The van der Waals surface area contributed by atoms with E-state index in [9.17, 15) is 4.79 Å². The van der Waals surface area contributed by atoms with Crippen molar-refractivity contribution in [2.45, 2.75) is 0 Å². The second kappa shape index (κ2) is 5.86. The van der Waals surface area contributed by atoms with Crippen LogP contribution >= 0.6 is 15.9 Å². The maximum Gasteiger partial charge on any atom is 0.337 e. The fraction of sp³-hybridized carbons (Fsp3) is 0.364. The summed E-state index contributed by atoms with van der Waals surface area (Å²) < 4.78 is 0.866. The van der Waals surface area contributed by atoms with Gasteiger partial charge in [0.15, 0.2) is 0 Å². The van der Waals surface area contributed by atoms with Crippen LogP contribution in [0.15, 0.2) is 22.7 Å². The van der Waals surface area contributed by atoms with Gasteiger partial charge in [-0.3, -0.25) is 0 Å². The third-order valence-corrected chi connectivity index (χ3v) is 2.58. The summed E-state index contributed by atoms with van der Waals surface area (Å²) in [4.78, 5) is 13.0. The number of halogens is 1. The molecule has 88 valence electrons. The lowest BCUT2D eigenvalue weighted by atomic mass is 10.2. The van der Waals surface area contributed by atoms with Crippen molar-refractivity contribution in [3.8, 4) is 0 Å². The van der Waals surface area contributed by atoms with Gasteiger partial charge in [-0.25, -0.2) is 4.79 Å². The Morgan fingerprint density at radius 3 is 2.75 bits per heavy atom. The largest absolute Gasteiger partial charge is 0.478 e. The first-order chi connectivity index (χ1) is 7.50. The molecule has 4 nitrogen and oxygen atoms in total. The minimum Gasteiger partial charge on any atom is -0.478 e. The summed E-state index contributed by atoms with van der Waals surface area (Å²) in [7, 11) is 3.95. The Hall–Kier alpha value is -1.07. The number of carboxylic acid groups (broad SMARTS) is 1. The van der Waals surface area contributed by atoms with Crippen molar-refractivity contribution in [3.05, 3.63) is 28.2 Å². The summed E-state index contributed by atoms with van der Waals surface area (Å²) in [5.41, 5.74) is 0.936. The van der Waals surface area contributed by atoms with E-state index in [0.29, 0.717) is 17.8 Å². The molecule has 16 heavy (non-hydrogen) atoms. The van der Waals surface area contributed by atoms with Crippen LogP contribution in [0.4, 0.5) is 5.69 Å². The normalized spacial score (nSPS) is 10.5. The molecule has 0 aliphatic rings. The van der Waals surface area contributed by atoms with E-state index in [0.717, 1.165) is 11.0 Å². The minimum absolute atomic E-state index is 0.293. The van der Waals surface area contributed by atoms with Gasteiger partial charge >= 0.3 is 5.97 Å². The lowest BCUT2D eigenvalue weighted by Crippen LogP contribution is -2.21. The molecule has 0 saturated heterocycles. The molecule has 0 heterocycles. The molecule has 5 heteroatoms. The van der Waals surface area contributed by atoms with Gasteiger partial charge in [0.1, 0.15) is 0 Å². The molecule has 0 unspecified atom stereocenters. The predicted octanol–water partition coefficient (Wildman–Crippen LogP) is 2.12. The lowest BCUT2D eigenvalue weighted by Gasteiger charge is -2.13. The van der Waals surface area contributed by atoms with E-state index in [2.05, 4.69) is 21.2 Å². The lowest BCUT2D eigenvalue weighted by molar-refractivity contribution is 0.0698. The van der Waals surface area contributed by atoms with Crippen LogP contribution in [-0.2, 0) is 0 Å². The molecule has 0 saturated carbocycles. The van der Waals surface area contributed by atoms with Gasteiger partial charge in [-0.15, -0.1) is 0 Å². The van der Waals surface area contributed by atoms with E-state index in [1.165, 1.54) is 0 Å². The SMILES string of the molecule is CN(C)CCNc1cc(Br)ccc1C(=O)O. The number of benzene rings is 1. The molecule has 0 atom stereocenters. The Balaban J connectivity index is 2.76. The molecule has 0 fully saturated rings. The van der Waals surface area contributed by atoms with Gasteiger partial charge in [0.05, 0.1) is 5.56 Å².